The van der Waals surface area contributed by atoms with Crippen LogP contribution >= 0.6 is 0 Å². The van der Waals surface area contributed by atoms with Crippen LogP contribution in [0.15, 0.2) is 0 Å². The normalized spacial score (nSPS) is 11.1. The van der Waals surface area contributed by atoms with E-state index in [-0.39, 0.29) is 11.3 Å². The molecule has 0 heterocycles. The third-order valence-electron chi connectivity index (χ3n) is 6.34. The minimum atomic E-state index is -1.14. The minimum Gasteiger partial charge on any atom is -0.503 e. The molecule has 0 aromatic heterocycles. The summed E-state index contributed by atoms with van der Waals surface area (Å²) in [4.78, 5) is 23.3. The third kappa shape index (κ3) is 11.1. The Bertz CT molecular complexity index is 716. The van der Waals surface area contributed by atoms with Crippen LogP contribution in [0.5, 0.6) is 17.2 Å². The SMILES string of the molecule is CCCCCCCc1c(CCCCCCC)c(C(=O)O)c(O)c(OOCCCC)c1OCCCC. The first-order chi connectivity index (χ1) is 17.0. The van der Waals surface area contributed by atoms with Gasteiger partial charge in [0, 0.05) is 5.56 Å². The highest BCUT2D eigenvalue weighted by Gasteiger charge is 2.30. The predicted octanol–water partition coefficient (Wildman–Crippen LogP) is 8.41. The molecule has 0 aliphatic carbocycles. The van der Waals surface area contributed by atoms with Crippen molar-refractivity contribution in [3.8, 4) is 17.2 Å². The van der Waals surface area contributed by atoms with Crippen LogP contribution in [-0.4, -0.2) is 29.4 Å². The van der Waals surface area contributed by atoms with Crippen LogP contribution in [0, 0.1) is 0 Å². The summed E-state index contributed by atoms with van der Waals surface area (Å²) in [7, 11) is 0. The average molecular weight is 495 g/mol. The first-order valence-corrected chi connectivity index (χ1v) is 14.1. The Hall–Kier alpha value is -1.95. The number of carbonyl (C=O) groups is 1. The zero-order chi connectivity index (χ0) is 25.9. The van der Waals surface area contributed by atoms with E-state index in [0.717, 1.165) is 76.2 Å². The zero-order valence-electron chi connectivity index (χ0n) is 22.8. The molecule has 1 aromatic rings. The fraction of sp³-hybridized carbons (Fsp3) is 0.759. The first kappa shape index (κ1) is 31.1. The highest BCUT2D eigenvalue weighted by molar-refractivity contribution is 5.95. The zero-order valence-corrected chi connectivity index (χ0v) is 22.8. The third-order valence-corrected chi connectivity index (χ3v) is 6.34. The fourth-order valence-electron chi connectivity index (χ4n) is 4.22. The van der Waals surface area contributed by atoms with E-state index < -0.39 is 11.7 Å². The van der Waals surface area contributed by atoms with Crippen molar-refractivity contribution in [2.75, 3.05) is 13.2 Å². The number of aromatic carboxylic acids is 1. The summed E-state index contributed by atoms with van der Waals surface area (Å²) in [5.41, 5.74) is 1.48. The molecule has 2 N–H and O–H groups in total. The predicted molar refractivity (Wildman–Crippen MR) is 142 cm³/mol. The molecule has 0 spiro atoms. The van der Waals surface area contributed by atoms with Gasteiger partial charge in [-0.2, -0.15) is 4.89 Å². The summed E-state index contributed by atoms with van der Waals surface area (Å²) in [6.45, 7) is 9.35. The van der Waals surface area contributed by atoms with Gasteiger partial charge in [0.05, 0.1) is 13.2 Å². The molecule has 0 fully saturated rings. The lowest BCUT2D eigenvalue weighted by Crippen LogP contribution is -2.13. The standard InChI is InChI=1S/C29H50O6/c1-5-9-13-15-17-19-23-24(20-18-16-14-10-6-2)27(33-21-11-7-3)28(35-34-22-12-8-4)26(30)25(23)29(31)32/h30H,5-22H2,1-4H3,(H,31,32). The number of benzene rings is 1. The number of ether oxygens (including phenoxy) is 1. The molecule has 0 radical (unpaired) electrons. The molecule has 0 aliphatic heterocycles. The van der Waals surface area contributed by atoms with E-state index in [1.54, 1.807) is 0 Å². The Morgan fingerprint density at radius 3 is 1.71 bits per heavy atom. The van der Waals surface area contributed by atoms with Gasteiger partial charge in [-0.1, -0.05) is 91.9 Å². The molecule has 0 amide bonds. The summed E-state index contributed by atoms with van der Waals surface area (Å²) in [5, 5.41) is 21.2. The number of hydrogen-bond donors (Lipinski definition) is 2. The summed E-state index contributed by atoms with van der Waals surface area (Å²) in [6.07, 6.45) is 15.8. The maximum absolute atomic E-state index is 12.3. The van der Waals surface area contributed by atoms with Gasteiger partial charge in [-0.3, -0.25) is 0 Å². The van der Waals surface area contributed by atoms with Crippen LogP contribution in [0.3, 0.4) is 0 Å². The van der Waals surface area contributed by atoms with Gasteiger partial charge < -0.3 is 19.8 Å². The van der Waals surface area contributed by atoms with Crippen molar-refractivity contribution >= 4 is 5.97 Å². The topological polar surface area (TPSA) is 85.2 Å². The fourth-order valence-corrected chi connectivity index (χ4v) is 4.22. The summed E-state index contributed by atoms with van der Waals surface area (Å²) >= 11 is 0. The highest BCUT2D eigenvalue weighted by Crippen LogP contribution is 2.46. The Morgan fingerprint density at radius 1 is 0.657 bits per heavy atom. The van der Waals surface area contributed by atoms with Crippen LogP contribution in [0.1, 0.15) is 139 Å². The van der Waals surface area contributed by atoms with Gasteiger partial charge in [0.15, 0.2) is 11.5 Å². The van der Waals surface area contributed by atoms with Crippen molar-refractivity contribution in [2.45, 2.75) is 130 Å². The summed E-state index contributed by atoms with van der Waals surface area (Å²) in [6, 6.07) is 0. The van der Waals surface area contributed by atoms with E-state index in [1.807, 2.05) is 0 Å². The summed E-state index contributed by atoms with van der Waals surface area (Å²) in [5.74, 6) is -1.07. The Balaban J connectivity index is 3.43. The molecule has 35 heavy (non-hydrogen) atoms. The number of aromatic hydroxyl groups is 1. The quantitative estimate of drug-likeness (QED) is 0.0956. The largest absolute Gasteiger partial charge is 0.503 e. The number of phenols is 1. The van der Waals surface area contributed by atoms with Crippen molar-refractivity contribution in [1.82, 2.24) is 0 Å². The molecule has 202 valence electrons. The second-order valence-corrected chi connectivity index (χ2v) is 9.43. The van der Waals surface area contributed by atoms with Crippen molar-refractivity contribution < 1.29 is 29.5 Å². The average Bonchev–Trinajstić information content (AvgIpc) is 2.83. The van der Waals surface area contributed by atoms with Gasteiger partial charge in [0.2, 0.25) is 5.75 Å². The van der Waals surface area contributed by atoms with E-state index in [0.29, 0.717) is 37.4 Å². The molecule has 6 heteroatoms. The molecule has 0 bridgehead atoms. The van der Waals surface area contributed by atoms with Crippen molar-refractivity contribution in [3.63, 3.8) is 0 Å². The van der Waals surface area contributed by atoms with Gasteiger partial charge in [-0.15, -0.1) is 0 Å². The maximum Gasteiger partial charge on any atom is 0.339 e. The van der Waals surface area contributed by atoms with Crippen LogP contribution in [-0.2, 0) is 17.7 Å². The van der Waals surface area contributed by atoms with E-state index in [4.69, 9.17) is 14.5 Å². The van der Waals surface area contributed by atoms with Crippen molar-refractivity contribution in [3.05, 3.63) is 16.7 Å². The maximum atomic E-state index is 12.3. The lowest BCUT2D eigenvalue weighted by atomic mass is 9.90. The van der Waals surface area contributed by atoms with Gasteiger partial charge in [0.1, 0.15) is 5.56 Å². The number of hydrogen-bond acceptors (Lipinski definition) is 5. The first-order valence-electron chi connectivity index (χ1n) is 14.1. The molecule has 1 aromatic carbocycles. The molecule has 6 nitrogen and oxygen atoms in total. The molecular formula is C29H50O6. The molecule has 0 atom stereocenters. The van der Waals surface area contributed by atoms with E-state index in [2.05, 4.69) is 27.7 Å². The Morgan fingerprint density at radius 2 is 1.17 bits per heavy atom. The van der Waals surface area contributed by atoms with Crippen LogP contribution < -0.4 is 9.62 Å². The van der Waals surface area contributed by atoms with Crippen molar-refractivity contribution in [2.24, 2.45) is 0 Å². The molecule has 0 saturated heterocycles. The van der Waals surface area contributed by atoms with Gasteiger partial charge >= 0.3 is 5.97 Å². The van der Waals surface area contributed by atoms with Crippen LogP contribution in [0.4, 0.5) is 0 Å². The second-order valence-electron chi connectivity index (χ2n) is 9.43. The minimum absolute atomic E-state index is 0.00731. The second kappa shape index (κ2) is 19.3. The molecule has 0 aliphatic rings. The van der Waals surface area contributed by atoms with E-state index >= 15 is 0 Å². The van der Waals surface area contributed by atoms with Crippen LogP contribution in [0.25, 0.3) is 0 Å². The van der Waals surface area contributed by atoms with Gasteiger partial charge in [0.25, 0.3) is 0 Å². The monoisotopic (exact) mass is 494 g/mol. The molecular weight excluding hydrogens is 444 g/mol. The molecule has 0 saturated carbocycles. The number of carboxylic acid groups (broad SMARTS) is 1. The summed E-state index contributed by atoms with van der Waals surface area (Å²) < 4.78 is 6.19. The smallest absolute Gasteiger partial charge is 0.339 e. The van der Waals surface area contributed by atoms with Gasteiger partial charge in [-0.05, 0) is 44.1 Å². The number of carboxylic acids is 1. The Kier molecular flexibility index (Phi) is 17.1. The molecule has 0 unspecified atom stereocenters. The lowest BCUT2D eigenvalue weighted by Gasteiger charge is -2.22. The lowest BCUT2D eigenvalue weighted by molar-refractivity contribution is -0.209. The highest BCUT2D eigenvalue weighted by atomic mass is 17.2. The molecule has 1 rings (SSSR count). The van der Waals surface area contributed by atoms with Crippen molar-refractivity contribution in [1.29, 1.82) is 0 Å². The Labute approximate surface area is 213 Å². The number of unbranched alkanes of at least 4 members (excludes halogenated alkanes) is 10. The van der Waals surface area contributed by atoms with Crippen LogP contribution in [0.2, 0.25) is 0 Å². The number of rotatable bonds is 22. The van der Waals surface area contributed by atoms with Gasteiger partial charge in [-0.25, -0.2) is 4.79 Å². The van der Waals surface area contributed by atoms with E-state index in [1.165, 1.54) is 19.3 Å². The van der Waals surface area contributed by atoms with E-state index in [9.17, 15) is 15.0 Å².